The summed E-state index contributed by atoms with van der Waals surface area (Å²) in [6.07, 6.45) is -0.127. The van der Waals surface area contributed by atoms with Crippen LogP contribution in [0.25, 0.3) is 5.57 Å². The van der Waals surface area contributed by atoms with Crippen LogP contribution in [0, 0.1) is 6.92 Å². The molecule has 10 heteroatoms. The van der Waals surface area contributed by atoms with Gasteiger partial charge in [0.15, 0.2) is 0 Å². The fourth-order valence-electron chi connectivity index (χ4n) is 3.94. The van der Waals surface area contributed by atoms with Crippen molar-refractivity contribution in [3.8, 4) is 0 Å². The minimum absolute atomic E-state index is 0.104. The van der Waals surface area contributed by atoms with Gasteiger partial charge in [0, 0.05) is 17.9 Å². The van der Waals surface area contributed by atoms with Crippen molar-refractivity contribution in [2.75, 3.05) is 5.32 Å². The van der Waals surface area contributed by atoms with Crippen molar-refractivity contribution in [3.05, 3.63) is 69.3 Å². The molecule has 6 nitrogen and oxygen atoms in total. The number of carbonyl (C=O) groups excluding carboxylic acids is 1. The van der Waals surface area contributed by atoms with Gasteiger partial charge in [-0.1, -0.05) is 29.0 Å². The molecule has 0 spiro atoms. The number of amides is 1. The van der Waals surface area contributed by atoms with Crippen LogP contribution in [0.1, 0.15) is 58.5 Å². The van der Waals surface area contributed by atoms with E-state index in [4.69, 9.17) is 0 Å². The van der Waals surface area contributed by atoms with Gasteiger partial charge in [-0.2, -0.15) is 13.2 Å². The Morgan fingerprint density at radius 1 is 1.12 bits per heavy atom. The molecule has 1 saturated carbocycles. The van der Waals surface area contributed by atoms with E-state index in [1.807, 2.05) is 31.2 Å². The maximum atomic E-state index is 12.7. The second-order valence-electron chi connectivity index (χ2n) is 8.24. The molecule has 1 fully saturated rings. The van der Waals surface area contributed by atoms with E-state index >= 15 is 0 Å². The summed E-state index contributed by atoms with van der Waals surface area (Å²) in [4.78, 5) is 16.2. The van der Waals surface area contributed by atoms with Crippen LogP contribution in [0.4, 0.5) is 24.7 Å². The Hall–Kier alpha value is -3.27. The average molecular weight is 488 g/mol. The van der Waals surface area contributed by atoms with Crippen LogP contribution in [0.5, 0.6) is 0 Å². The fraction of sp³-hybridized carbons (Fsp3) is 0.333. The number of pyridine rings is 1. The number of nitrogens with zero attached hydrogens (tertiary/aromatic N) is 3. The van der Waals surface area contributed by atoms with E-state index in [-0.39, 0.29) is 11.9 Å². The third kappa shape index (κ3) is 5.80. The monoisotopic (exact) mass is 487 g/mol. The number of anilines is 2. The van der Waals surface area contributed by atoms with Gasteiger partial charge in [-0.3, -0.25) is 4.79 Å². The van der Waals surface area contributed by atoms with Gasteiger partial charge in [0.2, 0.25) is 5.01 Å². The summed E-state index contributed by atoms with van der Waals surface area (Å²) in [6.45, 7) is 3.90. The highest BCUT2D eigenvalue weighted by atomic mass is 32.1. The predicted octanol–water partition coefficient (Wildman–Crippen LogP) is 6.15. The quantitative estimate of drug-likeness (QED) is 0.451. The third-order valence-electron chi connectivity index (χ3n) is 5.83. The molecular formula is C24H24F3N5OS. The Bertz CT molecular complexity index is 1190. The maximum absolute atomic E-state index is 12.7. The average Bonchev–Trinajstić information content (AvgIpc) is 3.25. The standard InChI is InChI=1S/C24H24F3N5OS/c1-14(16-6-9-19(10-7-16)30-22(33)23-32-31-15(2)34-23)17-4-3-5-20(12-17)29-21-11-8-18(13-28-21)24(25,26)27/h3-5,8,11-13,19H,6-7,9-10H2,1-2H3,(H,28,29)(H,30,33). The summed E-state index contributed by atoms with van der Waals surface area (Å²) in [7, 11) is 0. The van der Waals surface area contributed by atoms with Crippen molar-refractivity contribution in [3.63, 3.8) is 0 Å². The molecule has 0 atom stereocenters. The first kappa shape index (κ1) is 23.9. The molecule has 1 aliphatic carbocycles. The van der Waals surface area contributed by atoms with Gasteiger partial charge >= 0.3 is 6.18 Å². The molecule has 1 aliphatic rings. The van der Waals surface area contributed by atoms with Crippen molar-refractivity contribution in [1.29, 1.82) is 0 Å². The van der Waals surface area contributed by atoms with E-state index in [1.54, 1.807) is 0 Å². The molecule has 3 aromatic rings. The lowest BCUT2D eigenvalue weighted by atomic mass is 9.86. The van der Waals surface area contributed by atoms with Crippen LogP contribution in [0.2, 0.25) is 0 Å². The van der Waals surface area contributed by atoms with Crippen LogP contribution in [-0.4, -0.2) is 27.1 Å². The number of aryl methyl sites for hydroxylation is 1. The lowest BCUT2D eigenvalue weighted by Crippen LogP contribution is -2.36. The summed E-state index contributed by atoms with van der Waals surface area (Å²) < 4.78 is 38.2. The number of rotatable bonds is 5. The summed E-state index contributed by atoms with van der Waals surface area (Å²) in [5, 5.41) is 15.1. The van der Waals surface area contributed by atoms with Crippen molar-refractivity contribution in [2.24, 2.45) is 0 Å². The van der Waals surface area contributed by atoms with Crippen LogP contribution < -0.4 is 10.6 Å². The molecule has 1 aromatic carbocycles. The number of carbonyl (C=O) groups is 1. The number of benzene rings is 1. The van der Waals surface area contributed by atoms with Gasteiger partial charge in [-0.25, -0.2) is 4.98 Å². The second kappa shape index (κ2) is 9.92. The Morgan fingerprint density at radius 3 is 2.50 bits per heavy atom. The number of aromatic nitrogens is 3. The van der Waals surface area contributed by atoms with Gasteiger partial charge in [0.05, 0.1) is 5.56 Å². The summed E-state index contributed by atoms with van der Waals surface area (Å²) in [5.74, 6) is 0.174. The maximum Gasteiger partial charge on any atom is 0.417 e. The highest BCUT2D eigenvalue weighted by Gasteiger charge is 2.30. The highest BCUT2D eigenvalue weighted by Crippen LogP contribution is 2.33. The first-order valence-electron chi connectivity index (χ1n) is 10.9. The molecule has 2 heterocycles. The minimum Gasteiger partial charge on any atom is -0.347 e. The van der Waals surface area contributed by atoms with E-state index in [0.717, 1.165) is 54.2 Å². The van der Waals surface area contributed by atoms with Crippen LogP contribution in [0.3, 0.4) is 0 Å². The molecule has 2 aromatic heterocycles. The number of nitrogens with one attached hydrogen (secondary N) is 2. The Morgan fingerprint density at radius 2 is 1.88 bits per heavy atom. The predicted molar refractivity (Wildman–Crippen MR) is 126 cm³/mol. The van der Waals surface area contributed by atoms with Crippen LogP contribution >= 0.6 is 11.3 Å². The zero-order chi connectivity index (χ0) is 24.3. The molecule has 2 N–H and O–H groups in total. The lowest BCUT2D eigenvalue weighted by Gasteiger charge is -2.26. The van der Waals surface area contributed by atoms with Crippen molar-refractivity contribution in [2.45, 2.75) is 51.7 Å². The van der Waals surface area contributed by atoms with Crippen molar-refractivity contribution < 1.29 is 18.0 Å². The SMILES string of the molecule is CC(=C1CCC(NC(=O)c2nnc(C)s2)CC1)c1cccc(Nc2ccc(C(F)(F)F)cn2)c1. The van der Waals surface area contributed by atoms with Gasteiger partial charge < -0.3 is 10.6 Å². The Balaban J connectivity index is 1.38. The summed E-state index contributed by atoms with van der Waals surface area (Å²) in [5.41, 5.74) is 3.52. The van der Waals surface area contributed by atoms with Gasteiger partial charge in [0.1, 0.15) is 10.8 Å². The molecule has 178 valence electrons. The minimum atomic E-state index is -4.41. The van der Waals surface area contributed by atoms with Crippen LogP contribution in [0.15, 0.2) is 48.2 Å². The highest BCUT2D eigenvalue weighted by molar-refractivity contribution is 7.13. The lowest BCUT2D eigenvalue weighted by molar-refractivity contribution is -0.137. The zero-order valence-corrected chi connectivity index (χ0v) is 19.6. The van der Waals surface area contributed by atoms with Gasteiger partial charge in [-0.15, -0.1) is 10.2 Å². The zero-order valence-electron chi connectivity index (χ0n) is 18.7. The third-order valence-corrected chi connectivity index (χ3v) is 6.67. The number of alkyl halides is 3. The first-order chi connectivity index (χ1) is 16.2. The van der Waals surface area contributed by atoms with Crippen LogP contribution in [-0.2, 0) is 6.18 Å². The smallest absolute Gasteiger partial charge is 0.347 e. The molecule has 1 amide bonds. The number of halogens is 3. The van der Waals surface area contributed by atoms with E-state index in [2.05, 4.69) is 32.7 Å². The molecule has 0 unspecified atom stereocenters. The van der Waals surface area contributed by atoms with E-state index in [1.165, 1.54) is 28.5 Å². The van der Waals surface area contributed by atoms with Gasteiger partial charge in [0.25, 0.3) is 5.91 Å². The number of allylic oxidation sites excluding steroid dienone is 2. The molecule has 0 bridgehead atoms. The molecule has 0 radical (unpaired) electrons. The van der Waals surface area contributed by atoms with E-state index < -0.39 is 11.7 Å². The fourth-order valence-corrected chi connectivity index (χ4v) is 4.53. The summed E-state index contributed by atoms with van der Waals surface area (Å²) >= 11 is 1.29. The Kier molecular flexibility index (Phi) is 6.97. The molecule has 0 saturated heterocycles. The number of hydrogen-bond donors (Lipinski definition) is 2. The molecule has 4 rings (SSSR count). The second-order valence-corrected chi connectivity index (χ2v) is 9.42. The molecule has 0 aliphatic heterocycles. The topological polar surface area (TPSA) is 79.8 Å². The van der Waals surface area contributed by atoms with Crippen molar-refractivity contribution in [1.82, 2.24) is 20.5 Å². The van der Waals surface area contributed by atoms with Gasteiger partial charge in [-0.05, 0) is 74.9 Å². The normalized spacial score (nSPS) is 16.3. The summed E-state index contributed by atoms with van der Waals surface area (Å²) in [6, 6.07) is 10.2. The van der Waals surface area contributed by atoms with E-state index in [9.17, 15) is 18.0 Å². The number of hydrogen-bond acceptors (Lipinski definition) is 6. The Labute approximate surface area is 199 Å². The largest absolute Gasteiger partial charge is 0.417 e. The molecular weight excluding hydrogens is 463 g/mol. The first-order valence-corrected chi connectivity index (χ1v) is 11.7. The molecule has 34 heavy (non-hydrogen) atoms. The van der Waals surface area contributed by atoms with Crippen molar-refractivity contribution >= 4 is 34.3 Å². The van der Waals surface area contributed by atoms with E-state index in [0.29, 0.717) is 10.8 Å².